The highest BCUT2D eigenvalue weighted by Crippen LogP contribution is 2.31. The van der Waals surface area contributed by atoms with Gasteiger partial charge in [-0.1, -0.05) is 61.5 Å². The first kappa shape index (κ1) is 39.8. The minimum Gasteiger partial charge on any atom is -0.464 e. The number of amides is 1. The molecule has 16 heteroatoms. The third kappa shape index (κ3) is 9.70. The highest BCUT2D eigenvalue weighted by molar-refractivity contribution is 6.01. The minimum atomic E-state index is -1.21. The van der Waals surface area contributed by atoms with Crippen molar-refractivity contribution in [2.75, 3.05) is 19.8 Å². The number of hydrogen-bond acceptors (Lipinski definition) is 11. The lowest BCUT2D eigenvalue weighted by atomic mass is 9.98. The molecule has 0 saturated heterocycles. The van der Waals surface area contributed by atoms with Gasteiger partial charge in [-0.25, -0.2) is 9.97 Å². The molecule has 1 unspecified atom stereocenters. The number of hydrogen-bond donors (Lipinski definition) is 1. The Morgan fingerprint density at radius 2 is 1.67 bits per heavy atom. The lowest BCUT2D eigenvalue weighted by Gasteiger charge is -2.13. The first-order valence-corrected chi connectivity index (χ1v) is 18.6. The smallest absolute Gasteiger partial charge is 0.305 e. The molecule has 57 heavy (non-hydrogen) atoms. The van der Waals surface area contributed by atoms with Crippen LogP contribution in [0.1, 0.15) is 59.9 Å². The molecule has 0 aliphatic heterocycles. The number of benzene rings is 4. The van der Waals surface area contributed by atoms with Gasteiger partial charge in [0.25, 0.3) is 16.1 Å². The van der Waals surface area contributed by atoms with Crippen molar-refractivity contribution in [1.82, 2.24) is 24.4 Å². The van der Waals surface area contributed by atoms with E-state index in [2.05, 4.69) is 68.3 Å². The van der Waals surface area contributed by atoms with E-state index in [-0.39, 0.29) is 38.3 Å². The number of nitrogens with zero attached hydrogens (tertiary/aromatic N) is 6. The molecule has 0 spiro atoms. The van der Waals surface area contributed by atoms with Crippen molar-refractivity contribution in [2.45, 2.75) is 58.6 Å². The fourth-order valence-electron chi connectivity index (χ4n) is 6.87. The highest BCUT2D eigenvalue weighted by atomic mass is 17.0. The van der Waals surface area contributed by atoms with Crippen molar-refractivity contribution in [1.29, 1.82) is 0 Å². The predicted octanol–water partition coefficient (Wildman–Crippen LogP) is 6.79. The molecular formula is C41H43N7O9. The van der Waals surface area contributed by atoms with Crippen LogP contribution in [-0.4, -0.2) is 67.0 Å². The van der Waals surface area contributed by atoms with Crippen LogP contribution < -0.4 is 5.32 Å². The van der Waals surface area contributed by atoms with E-state index in [9.17, 15) is 29.8 Å². The van der Waals surface area contributed by atoms with Crippen LogP contribution in [0, 0.1) is 27.2 Å². The van der Waals surface area contributed by atoms with Gasteiger partial charge in [-0.2, -0.15) is 0 Å². The first-order valence-electron chi connectivity index (χ1n) is 18.6. The van der Waals surface area contributed by atoms with Crippen molar-refractivity contribution in [3.63, 3.8) is 0 Å². The molecule has 0 bridgehead atoms. The molecule has 0 aliphatic rings. The van der Waals surface area contributed by atoms with Crippen LogP contribution in [0.15, 0.2) is 84.9 Å². The highest BCUT2D eigenvalue weighted by Gasteiger charge is 2.19. The Bertz CT molecular complexity index is 2410. The summed E-state index contributed by atoms with van der Waals surface area (Å²) in [4.78, 5) is 65.0. The molecule has 2 aromatic heterocycles. The minimum absolute atomic E-state index is 0.0379. The summed E-state index contributed by atoms with van der Waals surface area (Å²) in [6, 6.07) is 27.9. The number of rotatable bonds is 19. The van der Waals surface area contributed by atoms with Gasteiger partial charge in [-0.05, 0) is 78.8 Å². The van der Waals surface area contributed by atoms with Gasteiger partial charge >= 0.3 is 5.97 Å². The Kier molecular flexibility index (Phi) is 12.7. The fourth-order valence-corrected chi connectivity index (χ4v) is 6.87. The van der Waals surface area contributed by atoms with Crippen LogP contribution in [0.4, 0.5) is 0 Å². The van der Waals surface area contributed by atoms with Crippen LogP contribution in [0.2, 0.25) is 0 Å². The number of aryl methyl sites for hydroxylation is 3. The molecule has 4 aromatic carbocycles. The number of carbonyl (C=O) groups is 2. The van der Waals surface area contributed by atoms with E-state index in [1.807, 2.05) is 49.5 Å². The van der Waals surface area contributed by atoms with Crippen molar-refractivity contribution >= 4 is 33.9 Å². The average molecular weight is 778 g/mol. The zero-order valence-corrected chi connectivity index (χ0v) is 31.9. The van der Waals surface area contributed by atoms with E-state index in [1.54, 1.807) is 12.1 Å². The Hall–Kier alpha value is -6.84. The molecule has 0 saturated carbocycles. The summed E-state index contributed by atoms with van der Waals surface area (Å²) >= 11 is 0. The number of fused-ring (bicyclic) bond motifs is 2. The SMILES string of the molecule is CCCc1nc2c(C)cc(-c3nc4ccccc4n3C)cc2n1Cc1ccc(-c2ccccc2C(=O)NCCOC(=O)CCCC(CO[N+](=O)[O-])O[N+](=O)[O-])cc1. The standard InChI is InChI=1S/C41H43N7O9/c1-4-10-37-44-39-27(2)23-30(40-43-34-14-7-8-15-35(34)45(40)3)24-36(39)46(37)25-28-17-19-29(20-18-28)32-12-5-6-13-33(32)41(50)42-21-22-55-38(49)16-9-11-31(57-48(53)54)26-56-47(51)52/h5-8,12-15,17-20,23-24,31H,4,9-11,16,21-22,25-26H2,1-3H3,(H,42,50). The van der Waals surface area contributed by atoms with Gasteiger partial charge in [0.15, 0.2) is 0 Å². The molecule has 16 nitrogen and oxygen atoms in total. The summed E-state index contributed by atoms with van der Waals surface area (Å²) < 4.78 is 9.60. The van der Waals surface area contributed by atoms with Crippen molar-refractivity contribution in [3.8, 4) is 22.5 Å². The van der Waals surface area contributed by atoms with Gasteiger partial charge in [0.2, 0.25) is 0 Å². The van der Waals surface area contributed by atoms with E-state index in [0.29, 0.717) is 12.1 Å². The summed E-state index contributed by atoms with van der Waals surface area (Å²) in [5.74, 6) is 0.986. The summed E-state index contributed by atoms with van der Waals surface area (Å²) in [5.41, 5.74) is 9.31. The molecule has 1 N–H and O–H groups in total. The monoisotopic (exact) mass is 777 g/mol. The van der Waals surface area contributed by atoms with E-state index in [0.717, 1.165) is 74.4 Å². The second-order valence-electron chi connectivity index (χ2n) is 13.6. The van der Waals surface area contributed by atoms with E-state index < -0.39 is 28.9 Å². The van der Waals surface area contributed by atoms with Crippen molar-refractivity contribution in [2.24, 2.45) is 7.05 Å². The number of imidazole rings is 2. The van der Waals surface area contributed by atoms with E-state index >= 15 is 0 Å². The number of esters is 1. The zero-order valence-electron chi connectivity index (χ0n) is 31.9. The number of para-hydroxylation sites is 2. The molecular weight excluding hydrogens is 734 g/mol. The van der Waals surface area contributed by atoms with Crippen molar-refractivity contribution in [3.05, 3.63) is 128 Å². The van der Waals surface area contributed by atoms with Gasteiger partial charge in [-0.3, -0.25) is 9.59 Å². The summed E-state index contributed by atoms with van der Waals surface area (Å²) in [6.07, 6.45) is 0.547. The van der Waals surface area contributed by atoms with Crippen LogP contribution in [-0.2, 0) is 39.2 Å². The topological polar surface area (TPSA) is 196 Å². The molecule has 0 fully saturated rings. The molecule has 0 aliphatic carbocycles. The first-order chi connectivity index (χ1) is 27.5. The van der Waals surface area contributed by atoms with E-state index in [4.69, 9.17) is 14.7 Å². The van der Waals surface area contributed by atoms with Crippen molar-refractivity contribution < 1.29 is 34.2 Å². The molecule has 6 rings (SSSR count). The molecule has 1 atom stereocenters. The quantitative estimate of drug-likeness (QED) is 0.0393. The van der Waals surface area contributed by atoms with Gasteiger partial charge in [0.05, 0.1) is 28.6 Å². The summed E-state index contributed by atoms with van der Waals surface area (Å²) in [5, 5.41) is 21.6. The largest absolute Gasteiger partial charge is 0.464 e. The Balaban J connectivity index is 1.09. The van der Waals surface area contributed by atoms with E-state index in [1.165, 1.54) is 0 Å². The third-order valence-corrected chi connectivity index (χ3v) is 9.58. The molecule has 1 amide bonds. The lowest BCUT2D eigenvalue weighted by molar-refractivity contribution is -0.790. The molecule has 2 heterocycles. The Morgan fingerprint density at radius 1 is 0.912 bits per heavy atom. The molecule has 6 aromatic rings. The van der Waals surface area contributed by atoms with Gasteiger partial charge < -0.3 is 28.9 Å². The zero-order chi connectivity index (χ0) is 40.5. The third-order valence-electron chi connectivity index (χ3n) is 9.58. The van der Waals surface area contributed by atoms with Gasteiger partial charge in [-0.15, -0.1) is 20.2 Å². The Morgan fingerprint density at radius 3 is 2.40 bits per heavy atom. The normalized spacial score (nSPS) is 11.7. The van der Waals surface area contributed by atoms with Crippen LogP contribution >= 0.6 is 0 Å². The van der Waals surface area contributed by atoms with Crippen LogP contribution in [0.3, 0.4) is 0 Å². The second kappa shape index (κ2) is 18.2. The number of ether oxygens (including phenoxy) is 1. The van der Waals surface area contributed by atoms with Gasteiger partial charge in [0.1, 0.15) is 31.0 Å². The summed E-state index contributed by atoms with van der Waals surface area (Å²) in [6.45, 7) is 4.18. The maximum absolute atomic E-state index is 13.3. The molecule has 0 radical (unpaired) electrons. The maximum Gasteiger partial charge on any atom is 0.305 e. The van der Waals surface area contributed by atoms with Gasteiger partial charge in [0, 0.05) is 37.6 Å². The number of aromatic nitrogens is 4. The Labute approximate surface area is 327 Å². The number of nitrogens with one attached hydrogen (secondary N) is 1. The average Bonchev–Trinajstić information content (AvgIpc) is 3.72. The van der Waals surface area contributed by atoms with Crippen LogP contribution in [0.5, 0.6) is 0 Å². The van der Waals surface area contributed by atoms with Crippen LogP contribution in [0.25, 0.3) is 44.6 Å². The fraction of sp³-hybridized carbons (Fsp3) is 0.317. The second-order valence-corrected chi connectivity index (χ2v) is 13.6. The summed E-state index contributed by atoms with van der Waals surface area (Å²) in [7, 11) is 2.04. The number of carbonyl (C=O) groups excluding carboxylic acids is 2. The molecule has 296 valence electrons. The maximum atomic E-state index is 13.3. The lowest BCUT2D eigenvalue weighted by Crippen LogP contribution is -2.28. The predicted molar refractivity (Wildman–Crippen MR) is 211 cm³/mol.